The molecular weight excluding hydrogens is 370 g/mol. The predicted octanol–water partition coefficient (Wildman–Crippen LogP) is 3.89. The van der Waals surface area contributed by atoms with Crippen LogP contribution in [0.2, 0.25) is 0 Å². The van der Waals surface area contributed by atoms with Gasteiger partial charge in [-0.25, -0.2) is 0 Å². The molecule has 3 aromatic rings. The van der Waals surface area contributed by atoms with Crippen LogP contribution in [0.15, 0.2) is 65.6 Å². The third kappa shape index (κ3) is 3.60. The highest BCUT2D eigenvalue weighted by molar-refractivity contribution is 8.02. The molecule has 1 unspecified atom stereocenters. The number of aromatic nitrogens is 2. The molecule has 1 N–H and O–H groups in total. The highest BCUT2D eigenvalue weighted by Gasteiger charge is 2.38. The van der Waals surface area contributed by atoms with E-state index in [2.05, 4.69) is 16.3 Å². The van der Waals surface area contributed by atoms with Crippen molar-refractivity contribution in [2.24, 2.45) is 7.05 Å². The molecule has 1 heterocycles. The molecule has 0 saturated heterocycles. The largest absolute Gasteiger partial charge is 0.310 e. The molecule has 3 rings (SSSR count). The van der Waals surface area contributed by atoms with Crippen LogP contribution in [-0.4, -0.2) is 30.5 Å². The van der Waals surface area contributed by atoms with Crippen molar-refractivity contribution >= 4 is 27.1 Å². The fraction of sp³-hybridized carbons (Fsp3) is 0.227. The van der Waals surface area contributed by atoms with Gasteiger partial charge < -0.3 is 5.32 Å². The molecule has 146 valence electrons. The molecule has 28 heavy (non-hydrogen) atoms. The van der Waals surface area contributed by atoms with Gasteiger partial charge in [-0.3, -0.25) is 13.7 Å². The Balaban J connectivity index is 1.88. The fourth-order valence-corrected chi connectivity index (χ4v) is 4.32. The summed E-state index contributed by atoms with van der Waals surface area (Å²) in [5, 5.41) is 7.33. The van der Waals surface area contributed by atoms with Gasteiger partial charge in [-0.2, -0.15) is 5.10 Å². The van der Waals surface area contributed by atoms with Crippen molar-refractivity contribution in [1.29, 1.82) is 0 Å². The maximum atomic E-state index is 13.5. The van der Waals surface area contributed by atoms with Gasteiger partial charge in [-0.05, 0) is 38.8 Å². The van der Waals surface area contributed by atoms with E-state index in [9.17, 15) is 9.00 Å². The van der Waals surface area contributed by atoms with Crippen LogP contribution >= 0.6 is 0 Å². The average Bonchev–Trinajstić information content (AvgIpc) is 3.03. The number of rotatable bonds is 5. The third-order valence-corrected chi connectivity index (χ3v) is 7.83. The lowest BCUT2D eigenvalue weighted by Gasteiger charge is -2.28. The zero-order valence-corrected chi connectivity index (χ0v) is 17.4. The van der Waals surface area contributed by atoms with Crippen LogP contribution in [0.1, 0.15) is 19.4 Å². The van der Waals surface area contributed by atoms with Crippen LogP contribution < -0.4 is 5.32 Å². The first-order chi connectivity index (χ1) is 13.1. The van der Waals surface area contributed by atoms with Gasteiger partial charge in [0.2, 0.25) is 5.91 Å². The lowest BCUT2D eigenvalue weighted by Crippen LogP contribution is -2.44. The number of hydrogen-bond acceptors (Lipinski definition) is 3. The summed E-state index contributed by atoms with van der Waals surface area (Å²) in [5.74, 6) is 4.10. The fourth-order valence-electron chi connectivity index (χ4n) is 2.80. The topological polar surface area (TPSA) is 64.0 Å². The number of hydrogen-bond donors (Lipinski definition) is 1. The number of nitrogens with one attached hydrogen (secondary N) is 1. The van der Waals surface area contributed by atoms with E-state index in [0.717, 1.165) is 16.8 Å². The van der Waals surface area contributed by atoms with Crippen LogP contribution in [0, 0.1) is 6.92 Å². The number of carbonyl (C=O) groups is 1. The second-order valence-electron chi connectivity index (χ2n) is 7.36. The van der Waals surface area contributed by atoms with E-state index < -0.39 is 14.3 Å². The SMILES string of the molecule is C=S(=O)(c1ccc(C)cc1)C(C)(C)C(=O)Nc1cc(-c2ccccc2)nn1C. The van der Waals surface area contributed by atoms with Crippen molar-refractivity contribution < 1.29 is 9.00 Å². The molecule has 1 atom stereocenters. The Hall–Kier alpha value is -2.86. The molecule has 0 fully saturated rings. The van der Waals surface area contributed by atoms with E-state index in [1.165, 1.54) is 0 Å². The molecule has 5 nitrogen and oxygen atoms in total. The lowest BCUT2D eigenvalue weighted by molar-refractivity contribution is -0.117. The monoisotopic (exact) mass is 395 g/mol. The highest BCUT2D eigenvalue weighted by atomic mass is 32.2. The second kappa shape index (κ2) is 7.28. The normalized spacial score (nSPS) is 13.7. The van der Waals surface area contributed by atoms with Crippen molar-refractivity contribution in [3.63, 3.8) is 0 Å². The summed E-state index contributed by atoms with van der Waals surface area (Å²) in [5.41, 5.74) is 2.77. The summed E-state index contributed by atoms with van der Waals surface area (Å²) < 4.78 is 13.9. The smallest absolute Gasteiger partial charge is 0.243 e. The molecule has 0 aliphatic carbocycles. The minimum absolute atomic E-state index is 0.365. The quantitative estimate of drug-likeness (QED) is 0.667. The number of anilines is 1. The zero-order valence-electron chi connectivity index (χ0n) is 16.6. The number of nitrogens with zero attached hydrogens (tertiary/aromatic N) is 2. The first kappa shape index (κ1) is 19.9. The summed E-state index contributed by atoms with van der Waals surface area (Å²) in [6.07, 6.45) is 0. The first-order valence-electron chi connectivity index (χ1n) is 8.97. The van der Waals surface area contributed by atoms with Crippen LogP contribution in [0.5, 0.6) is 0 Å². The Morgan fingerprint density at radius 3 is 2.32 bits per heavy atom. The molecule has 0 aliphatic heterocycles. The van der Waals surface area contributed by atoms with Crippen LogP contribution in [0.4, 0.5) is 5.82 Å². The zero-order chi connectivity index (χ0) is 20.5. The number of aryl methyl sites for hydroxylation is 2. The van der Waals surface area contributed by atoms with Crippen LogP contribution in [0.3, 0.4) is 0 Å². The summed E-state index contributed by atoms with van der Waals surface area (Å²) in [6.45, 7) is 5.28. The number of amides is 1. The van der Waals surface area contributed by atoms with Gasteiger partial charge in [0.05, 0.1) is 5.69 Å². The van der Waals surface area contributed by atoms with Crippen molar-refractivity contribution in [2.45, 2.75) is 30.4 Å². The Bertz CT molecular complexity index is 1100. The highest BCUT2D eigenvalue weighted by Crippen LogP contribution is 2.28. The molecule has 6 heteroatoms. The summed E-state index contributed by atoms with van der Waals surface area (Å²) in [7, 11) is -1.11. The predicted molar refractivity (Wildman–Crippen MR) is 116 cm³/mol. The molecule has 1 aromatic heterocycles. The van der Waals surface area contributed by atoms with Gasteiger partial charge in [-0.1, -0.05) is 48.0 Å². The van der Waals surface area contributed by atoms with Crippen molar-refractivity contribution in [3.8, 4) is 11.3 Å². The standard InChI is InChI=1S/C22H25N3O2S/c1-16-11-13-18(14-12-16)28(5,27)22(2,3)21(26)23-20-15-19(24-25(20)4)17-9-7-6-8-10-17/h6-15H,5H2,1-4H3,(H,23,26). The van der Waals surface area contributed by atoms with E-state index in [1.54, 1.807) is 43.8 Å². The first-order valence-corrected chi connectivity index (χ1v) is 10.7. The van der Waals surface area contributed by atoms with Gasteiger partial charge in [-0.15, -0.1) is 0 Å². The Morgan fingerprint density at radius 1 is 1.11 bits per heavy atom. The Morgan fingerprint density at radius 2 is 1.71 bits per heavy atom. The number of benzene rings is 2. The van der Waals surface area contributed by atoms with Gasteiger partial charge >= 0.3 is 0 Å². The van der Waals surface area contributed by atoms with Gasteiger partial charge in [0.15, 0.2) is 0 Å². The van der Waals surface area contributed by atoms with Crippen molar-refractivity contribution in [2.75, 3.05) is 5.32 Å². The molecule has 0 bridgehead atoms. The van der Waals surface area contributed by atoms with Crippen LogP contribution in [-0.2, 0) is 21.4 Å². The lowest BCUT2D eigenvalue weighted by atomic mass is 10.1. The van der Waals surface area contributed by atoms with Gasteiger partial charge in [0.25, 0.3) is 0 Å². The summed E-state index contributed by atoms with van der Waals surface area (Å²) in [6, 6.07) is 18.8. The Kier molecular flexibility index (Phi) is 5.17. The minimum atomic E-state index is -2.87. The van der Waals surface area contributed by atoms with E-state index in [0.29, 0.717) is 10.7 Å². The van der Waals surface area contributed by atoms with Crippen molar-refractivity contribution in [1.82, 2.24) is 9.78 Å². The van der Waals surface area contributed by atoms with Crippen molar-refractivity contribution in [3.05, 3.63) is 66.2 Å². The van der Waals surface area contributed by atoms with E-state index in [1.807, 2.05) is 49.4 Å². The molecule has 0 spiro atoms. The Labute approximate surface area is 166 Å². The molecule has 2 aromatic carbocycles. The second-order valence-corrected chi connectivity index (χ2v) is 10.2. The van der Waals surface area contributed by atoms with E-state index in [-0.39, 0.29) is 5.91 Å². The molecule has 0 aliphatic rings. The van der Waals surface area contributed by atoms with Gasteiger partial charge in [0, 0.05) is 33.1 Å². The molecule has 0 saturated carbocycles. The van der Waals surface area contributed by atoms with Crippen LogP contribution in [0.25, 0.3) is 11.3 Å². The molecule has 0 radical (unpaired) electrons. The van der Waals surface area contributed by atoms with E-state index >= 15 is 0 Å². The average molecular weight is 396 g/mol. The number of carbonyl (C=O) groups excluding carboxylic acids is 1. The molecule has 1 amide bonds. The third-order valence-electron chi connectivity index (χ3n) is 4.96. The van der Waals surface area contributed by atoms with E-state index in [4.69, 9.17) is 0 Å². The van der Waals surface area contributed by atoms with Gasteiger partial charge in [0.1, 0.15) is 10.6 Å². The minimum Gasteiger partial charge on any atom is -0.310 e. The molecular formula is C22H25N3O2S. The maximum Gasteiger partial charge on any atom is 0.243 e. The summed E-state index contributed by atoms with van der Waals surface area (Å²) >= 11 is 0. The summed E-state index contributed by atoms with van der Waals surface area (Å²) in [4.78, 5) is 13.6. The maximum absolute atomic E-state index is 13.5.